The molecule has 3 aromatic rings. The largest absolute Gasteiger partial charge is 0.351 e. The van der Waals surface area contributed by atoms with Crippen LogP contribution in [0.3, 0.4) is 0 Å². The molecule has 1 fully saturated rings. The molecule has 126 valence electrons. The quantitative estimate of drug-likeness (QED) is 0.774. The highest BCUT2D eigenvalue weighted by Gasteiger charge is 2.17. The van der Waals surface area contributed by atoms with E-state index < -0.39 is 0 Å². The molecule has 3 aromatic heterocycles. The highest BCUT2D eigenvalue weighted by Crippen LogP contribution is 2.31. The van der Waals surface area contributed by atoms with E-state index in [-0.39, 0.29) is 0 Å². The number of nitrogens with zero attached hydrogens (tertiary/aromatic N) is 4. The zero-order valence-electron chi connectivity index (χ0n) is 14.3. The van der Waals surface area contributed by atoms with Crippen LogP contribution in [0.5, 0.6) is 0 Å². The van der Waals surface area contributed by atoms with Crippen molar-refractivity contribution in [2.45, 2.75) is 38.6 Å². The van der Waals surface area contributed by atoms with E-state index in [0.717, 1.165) is 28.1 Å². The number of aromatic nitrogens is 4. The van der Waals surface area contributed by atoms with Gasteiger partial charge in [0, 0.05) is 47.7 Å². The van der Waals surface area contributed by atoms with Crippen molar-refractivity contribution in [2.75, 3.05) is 5.32 Å². The SMILES string of the molecule is Cc1ccc(-c2nc(NC3CCCC3)ncc2-c2ccncc2)cn1. The van der Waals surface area contributed by atoms with Crippen molar-refractivity contribution in [3.8, 4) is 22.4 Å². The Labute approximate surface area is 147 Å². The Morgan fingerprint density at radius 1 is 0.920 bits per heavy atom. The topological polar surface area (TPSA) is 63.6 Å². The van der Waals surface area contributed by atoms with Gasteiger partial charge in [0.25, 0.3) is 0 Å². The van der Waals surface area contributed by atoms with E-state index in [0.29, 0.717) is 12.0 Å². The monoisotopic (exact) mass is 331 g/mol. The fraction of sp³-hybridized carbons (Fsp3) is 0.300. The summed E-state index contributed by atoms with van der Waals surface area (Å²) < 4.78 is 0. The van der Waals surface area contributed by atoms with Gasteiger partial charge in [-0.05, 0) is 49.6 Å². The summed E-state index contributed by atoms with van der Waals surface area (Å²) in [7, 11) is 0. The average molecular weight is 331 g/mol. The molecule has 0 bridgehead atoms. The second-order valence-corrected chi connectivity index (χ2v) is 6.51. The molecule has 3 heterocycles. The lowest BCUT2D eigenvalue weighted by Gasteiger charge is -2.15. The Morgan fingerprint density at radius 2 is 1.72 bits per heavy atom. The highest BCUT2D eigenvalue weighted by atomic mass is 15.1. The Hall–Kier alpha value is -2.82. The number of hydrogen-bond donors (Lipinski definition) is 1. The molecule has 5 heteroatoms. The van der Waals surface area contributed by atoms with Crippen molar-refractivity contribution in [1.29, 1.82) is 0 Å². The molecular weight excluding hydrogens is 310 g/mol. The molecule has 0 spiro atoms. The Balaban J connectivity index is 1.76. The molecule has 0 amide bonds. The predicted octanol–water partition coefficient (Wildman–Crippen LogP) is 4.26. The van der Waals surface area contributed by atoms with Crippen molar-refractivity contribution in [1.82, 2.24) is 19.9 Å². The summed E-state index contributed by atoms with van der Waals surface area (Å²) in [5.41, 5.74) is 4.93. The Morgan fingerprint density at radius 3 is 2.44 bits per heavy atom. The summed E-state index contributed by atoms with van der Waals surface area (Å²) in [5.74, 6) is 0.695. The zero-order valence-corrected chi connectivity index (χ0v) is 14.3. The van der Waals surface area contributed by atoms with Crippen molar-refractivity contribution in [2.24, 2.45) is 0 Å². The van der Waals surface area contributed by atoms with Crippen LogP contribution in [-0.2, 0) is 0 Å². The van der Waals surface area contributed by atoms with E-state index in [1.54, 1.807) is 12.4 Å². The maximum absolute atomic E-state index is 4.83. The summed E-state index contributed by atoms with van der Waals surface area (Å²) >= 11 is 0. The van der Waals surface area contributed by atoms with Crippen LogP contribution in [-0.4, -0.2) is 26.0 Å². The maximum atomic E-state index is 4.83. The third kappa shape index (κ3) is 3.50. The van der Waals surface area contributed by atoms with Crippen LogP contribution < -0.4 is 5.32 Å². The van der Waals surface area contributed by atoms with Crippen molar-refractivity contribution in [3.63, 3.8) is 0 Å². The molecule has 1 aliphatic carbocycles. The first-order chi connectivity index (χ1) is 12.3. The Kier molecular flexibility index (Phi) is 4.37. The van der Waals surface area contributed by atoms with Gasteiger partial charge in [-0.3, -0.25) is 9.97 Å². The van der Waals surface area contributed by atoms with Crippen molar-refractivity contribution >= 4 is 5.95 Å². The molecule has 0 atom stereocenters. The lowest BCUT2D eigenvalue weighted by molar-refractivity contribution is 0.744. The van der Waals surface area contributed by atoms with E-state index in [9.17, 15) is 0 Å². The maximum Gasteiger partial charge on any atom is 0.223 e. The minimum Gasteiger partial charge on any atom is -0.351 e. The van der Waals surface area contributed by atoms with E-state index >= 15 is 0 Å². The van der Waals surface area contributed by atoms with Gasteiger partial charge in [0.1, 0.15) is 0 Å². The zero-order chi connectivity index (χ0) is 17.1. The van der Waals surface area contributed by atoms with Gasteiger partial charge in [0.05, 0.1) is 5.69 Å². The molecular formula is C20H21N5. The normalized spacial score (nSPS) is 14.6. The van der Waals surface area contributed by atoms with Crippen LogP contribution in [0.25, 0.3) is 22.4 Å². The number of aryl methyl sites for hydroxylation is 1. The molecule has 0 saturated heterocycles. The first kappa shape index (κ1) is 15.7. The second-order valence-electron chi connectivity index (χ2n) is 6.51. The lowest BCUT2D eigenvalue weighted by Crippen LogP contribution is -2.16. The van der Waals surface area contributed by atoms with Crippen LogP contribution >= 0.6 is 0 Å². The smallest absolute Gasteiger partial charge is 0.223 e. The van der Waals surface area contributed by atoms with Crippen LogP contribution in [0.4, 0.5) is 5.95 Å². The first-order valence-electron chi connectivity index (χ1n) is 8.76. The van der Waals surface area contributed by atoms with E-state index in [1.807, 2.05) is 37.5 Å². The van der Waals surface area contributed by atoms with Crippen molar-refractivity contribution < 1.29 is 0 Å². The van der Waals surface area contributed by atoms with Gasteiger partial charge in [0.2, 0.25) is 5.95 Å². The molecule has 1 saturated carbocycles. The van der Waals surface area contributed by atoms with Gasteiger partial charge in [-0.15, -0.1) is 0 Å². The molecule has 25 heavy (non-hydrogen) atoms. The van der Waals surface area contributed by atoms with E-state index in [4.69, 9.17) is 4.98 Å². The molecule has 1 aliphatic rings. The van der Waals surface area contributed by atoms with Gasteiger partial charge < -0.3 is 5.32 Å². The Bertz CT molecular complexity index is 840. The minimum absolute atomic E-state index is 0.482. The van der Waals surface area contributed by atoms with E-state index in [1.165, 1.54) is 25.7 Å². The van der Waals surface area contributed by atoms with Crippen LogP contribution in [0.15, 0.2) is 49.1 Å². The molecule has 0 radical (unpaired) electrons. The third-order valence-corrected chi connectivity index (χ3v) is 4.65. The number of nitrogens with one attached hydrogen (secondary N) is 1. The van der Waals surface area contributed by atoms with Gasteiger partial charge in [-0.2, -0.15) is 0 Å². The number of rotatable bonds is 4. The summed E-state index contributed by atoms with van der Waals surface area (Å²) in [6.45, 7) is 1.99. The van der Waals surface area contributed by atoms with Crippen LogP contribution in [0.2, 0.25) is 0 Å². The first-order valence-corrected chi connectivity index (χ1v) is 8.76. The van der Waals surface area contributed by atoms with Crippen LogP contribution in [0.1, 0.15) is 31.4 Å². The lowest BCUT2D eigenvalue weighted by atomic mass is 10.0. The van der Waals surface area contributed by atoms with Gasteiger partial charge >= 0.3 is 0 Å². The number of pyridine rings is 2. The molecule has 0 unspecified atom stereocenters. The molecule has 0 aliphatic heterocycles. The minimum atomic E-state index is 0.482. The molecule has 4 rings (SSSR count). The summed E-state index contributed by atoms with van der Waals surface area (Å²) in [6, 6.07) is 8.52. The molecule has 5 nitrogen and oxygen atoms in total. The molecule has 1 N–H and O–H groups in total. The highest BCUT2D eigenvalue weighted by molar-refractivity contribution is 5.80. The van der Waals surface area contributed by atoms with Gasteiger partial charge in [-0.25, -0.2) is 9.97 Å². The average Bonchev–Trinajstić information content (AvgIpc) is 3.16. The number of anilines is 1. The van der Waals surface area contributed by atoms with Gasteiger partial charge in [-0.1, -0.05) is 12.8 Å². The summed E-state index contributed by atoms with van der Waals surface area (Å²) in [5, 5.41) is 3.49. The third-order valence-electron chi connectivity index (χ3n) is 4.65. The number of hydrogen-bond acceptors (Lipinski definition) is 5. The van der Waals surface area contributed by atoms with Gasteiger partial charge in [0.15, 0.2) is 0 Å². The van der Waals surface area contributed by atoms with Crippen molar-refractivity contribution in [3.05, 3.63) is 54.7 Å². The standard InChI is InChI=1S/C20H21N5/c1-14-6-7-16(12-22-14)19-18(15-8-10-21-11-9-15)13-23-20(25-19)24-17-4-2-3-5-17/h6-13,17H,2-5H2,1H3,(H,23,24,25). The fourth-order valence-corrected chi connectivity index (χ4v) is 3.27. The molecule has 0 aromatic carbocycles. The summed E-state index contributed by atoms with van der Waals surface area (Å²) in [4.78, 5) is 17.9. The fourth-order valence-electron chi connectivity index (χ4n) is 3.27. The van der Waals surface area contributed by atoms with Crippen LogP contribution in [0, 0.1) is 6.92 Å². The second kappa shape index (κ2) is 6.97. The summed E-state index contributed by atoms with van der Waals surface area (Å²) in [6.07, 6.45) is 12.3. The predicted molar refractivity (Wildman–Crippen MR) is 99.1 cm³/mol. The van der Waals surface area contributed by atoms with E-state index in [2.05, 4.69) is 26.3 Å².